The second kappa shape index (κ2) is 5.43. The number of hydrogen-bond acceptors (Lipinski definition) is 4. The maximum absolute atomic E-state index is 11.2. The van der Waals surface area contributed by atoms with Crippen LogP contribution in [-0.2, 0) is 16.4 Å². The zero-order valence-corrected chi connectivity index (χ0v) is 10.7. The van der Waals surface area contributed by atoms with E-state index in [9.17, 15) is 8.42 Å². The van der Waals surface area contributed by atoms with Gasteiger partial charge >= 0.3 is 0 Å². The van der Waals surface area contributed by atoms with Crippen molar-refractivity contribution in [2.24, 2.45) is 0 Å². The molecule has 1 aromatic rings. The Morgan fingerprint density at radius 1 is 1.25 bits per heavy atom. The molecule has 4 nitrogen and oxygen atoms in total. The van der Waals surface area contributed by atoms with Gasteiger partial charge in [0.2, 0.25) is 0 Å². The van der Waals surface area contributed by atoms with Gasteiger partial charge in [0.05, 0.1) is 4.90 Å². The van der Waals surface area contributed by atoms with E-state index in [-0.39, 0.29) is 0 Å². The lowest BCUT2D eigenvalue weighted by molar-refractivity contribution is 0.310. The minimum absolute atomic E-state index is 0.368. The maximum Gasteiger partial charge on any atom is 0.175 e. The number of nitrogens with zero attached hydrogens (tertiary/aromatic N) is 1. The van der Waals surface area contributed by atoms with E-state index in [1.807, 2.05) is 26.2 Å². The first kappa shape index (κ1) is 13.2. The summed E-state index contributed by atoms with van der Waals surface area (Å²) in [6.07, 6.45) is 1.22. The minimum Gasteiger partial charge on any atom is -0.307 e. The van der Waals surface area contributed by atoms with Crippen molar-refractivity contribution in [3.8, 4) is 0 Å². The molecule has 0 bridgehead atoms. The van der Waals surface area contributed by atoms with Gasteiger partial charge in [-0.2, -0.15) is 0 Å². The Morgan fingerprint density at radius 3 is 2.25 bits per heavy atom. The van der Waals surface area contributed by atoms with Gasteiger partial charge in [-0.15, -0.1) is 0 Å². The van der Waals surface area contributed by atoms with Gasteiger partial charge < -0.3 is 5.32 Å². The fourth-order valence-electron chi connectivity index (χ4n) is 1.48. The lowest BCUT2D eigenvalue weighted by Gasteiger charge is -2.15. The van der Waals surface area contributed by atoms with Crippen molar-refractivity contribution < 1.29 is 8.42 Å². The molecule has 0 aliphatic carbocycles. The zero-order valence-electron chi connectivity index (χ0n) is 9.90. The molecule has 90 valence electrons. The number of benzene rings is 1. The highest BCUT2D eigenvalue weighted by Crippen LogP contribution is 2.11. The summed E-state index contributed by atoms with van der Waals surface area (Å²) in [5, 5.41) is 3.05. The second-order valence-corrected chi connectivity index (χ2v) is 5.96. The van der Waals surface area contributed by atoms with Crippen molar-refractivity contribution in [1.82, 2.24) is 10.2 Å². The van der Waals surface area contributed by atoms with Crippen molar-refractivity contribution >= 4 is 9.84 Å². The van der Waals surface area contributed by atoms with Gasteiger partial charge in [-0.05, 0) is 31.8 Å². The van der Waals surface area contributed by atoms with Crippen LogP contribution in [0.15, 0.2) is 29.2 Å². The topological polar surface area (TPSA) is 49.4 Å². The van der Waals surface area contributed by atoms with E-state index < -0.39 is 9.84 Å². The SMILES string of the molecule is CNCN(C)Cc1ccc(S(C)(=O)=O)cc1. The van der Waals surface area contributed by atoms with Gasteiger partial charge in [0.15, 0.2) is 9.84 Å². The Hall–Kier alpha value is -0.910. The summed E-state index contributed by atoms with van der Waals surface area (Å²) >= 11 is 0. The van der Waals surface area contributed by atoms with E-state index in [1.165, 1.54) is 6.26 Å². The molecule has 0 saturated carbocycles. The third-order valence-corrected chi connectivity index (χ3v) is 3.36. The van der Waals surface area contributed by atoms with Gasteiger partial charge in [-0.3, -0.25) is 4.90 Å². The van der Waals surface area contributed by atoms with Gasteiger partial charge in [0.25, 0.3) is 0 Å². The highest BCUT2D eigenvalue weighted by Gasteiger charge is 2.06. The van der Waals surface area contributed by atoms with Crippen molar-refractivity contribution in [2.45, 2.75) is 11.4 Å². The molecule has 0 radical (unpaired) electrons. The third kappa shape index (κ3) is 3.92. The van der Waals surface area contributed by atoms with Crippen LogP contribution in [0.2, 0.25) is 0 Å². The Bertz CT molecular complexity index is 426. The standard InChI is InChI=1S/C11H18N2O2S/c1-12-9-13(2)8-10-4-6-11(7-5-10)16(3,14)15/h4-7,12H,8-9H2,1-3H3. The normalized spacial score (nSPS) is 12.0. The third-order valence-electron chi connectivity index (χ3n) is 2.23. The summed E-state index contributed by atoms with van der Waals surface area (Å²) in [5.74, 6) is 0. The van der Waals surface area contributed by atoms with Crippen LogP contribution in [0.5, 0.6) is 0 Å². The molecule has 0 amide bonds. The molecule has 16 heavy (non-hydrogen) atoms. The molecule has 5 heteroatoms. The van der Waals surface area contributed by atoms with Gasteiger partial charge in [-0.25, -0.2) is 8.42 Å². The highest BCUT2D eigenvalue weighted by atomic mass is 32.2. The lowest BCUT2D eigenvalue weighted by Crippen LogP contribution is -2.27. The van der Waals surface area contributed by atoms with E-state index >= 15 is 0 Å². The van der Waals surface area contributed by atoms with Crippen LogP contribution in [0.4, 0.5) is 0 Å². The summed E-state index contributed by atoms with van der Waals surface area (Å²) in [7, 11) is 0.809. The lowest BCUT2D eigenvalue weighted by atomic mass is 10.2. The molecule has 1 rings (SSSR count). The second-order valence-electron chi connectivity index (χ2n) is 3.94. The van der Waals surface area contributed by atoms with Crippen LogP contribution in [-0.4, -0.2) is 40.3 Å². The first-order valence-electron chi connectivity index (χ1n) is 5.05. The molecule has 1 aromatic carbocycles. The average molecular weight is 242 g/mol. The number of sulfone groups is 1. The maximum atomic E-state index is 11.2. The van der Waals surface area contributed by atoms with Crippen molar-refractivity contribution in [1.29, 1.82) is 0 Å². The van der Waals surface area contributed by atoms with E-state index in [0.29, 0.717) is 4.90 Å². The van der Waals surface area contributed by atoms with Crippen LogP contribution in [0.3, 0.4) is 0 Å². The summed E-state index contributed by atoms with van der Waals surface area (Å²) < 4.78 is 22.5. The Kier molecular flexibility index (Phi) is 4.46. The molecular formula is C11H18N2O2S. The highest BCUT2D eigenvalue weighted by molar-refractivity contribution is 7.90. The summed E-state index contributed by atoms with van der Waals surface area (Å²) in [5.41, 5.74) is 1.10. The monoisotopic (exact) mass is 242 g/mol. The van der Waals surface area contributed by atoms with E-state index in [4.69, 9.17) is 0 Å². The van der Waals surface area contributed by atoms with Crippen LogP contribution in [0.1, 0.15) is 5.56 Å². The first-order valence-corrected chi connectivity index (χ1v) is 6.95. The van der Waals surface area contributed by atoms with Crippen molar-refractivity contribution in [3.05, 3.63) is 29.8 Å². The molecule has 0 spiro atoms. The number of rotatable bonds is 5. The quantitative estimate of drug-likeness (QED) is 0.772. The molecule has 0 aliphatic rings. The molecule has 0 aromatic heterocycles. The molecule has 1 N–H and O–H groups in total. The Balaban J connectivity index is 2.72. The fourth-order valence-corrected chi connectivity index (χ4v) is 2.11. The summed E-state index contributed by atoms with van der Waals surface area (Å²) in [4.78, 5) is 2.47. The first-order chi connectivity index (χ1) is 7.43. The van der Waals surface area contributed by atoms with Crippen LogP contribution in [0, 0.1) is 0 Å². The predicted molar refractivity (Wildman–Crippen MR) is 64.9 cm³/mol. The predicted octanol–water partition coefficient (Wildman–Crippen LogP) is 0.699. The summed E-state index contributed by atoms with van der Waals surface area (Å²) in [6, 6.07) is 7.00. The zero-order chi connectivity index (χ0) is 12.2. The van der Waals surface area contributed by atoms with E-state index in [1.54, 1.807) is 12.1 Å². The minimum atomic E-state index is -3.08. The Morgan fingerprint density at radius 2 is 1.81 bits per heavy atom. The van der Waals surface area contributed by atoms with Gasteiger partial charge in [-0.1, -0.05) is 12.1 Å². The average Bonchev–Trinajstić information content (AvgIpc) is 2.17. The van der Waals surface area contributed by atoms with E-state index in [0.717, 1.165) is 18.8 Å². The van der Waals surface area contributed by atoms with Crippen molar-refractivity contribution in [2.75, 3.05) is 27.0 Å². The van der Waals surface area contributed by atoms with Crippen LogP contribution >= 0.6 is 0 Å². The van der Waals surface area contributed by atoms with Crippen molar-refractivity contribution in [3.63, 3.8) is 0 Å². The van der Waals surface area contributed by atoms with Crippen LogP contribution < -0.4 is 5.32 Å². The smallest absolute Gasteiger partial charge is 0.175 e. The Labute approximate surface area is 97.2 Å². The van der Waals surface area contributed by atoms with E-state index in [2.05, 4.69) is 10.2 Å². The molecule has 0 saturated heterocycles. The largest absolute Gasteiger partial charge is 0.307 e. The van der Waals surface area contributed by atoms with Gasteiger partial charge in [0, 0.05) is 19.5 Å². The van der Waals surface area contributed by atoms with Gasteiger partial charge in [0.1, 0.15) is 0 Å². The summed E-state index contributed by atoms with van der Waals surface area (Å²) in [6.45, 7) is 1.60. The molecule has 0 aliphatic heterocycles. The molecule has 0 unspecified atom stereocenters. The van der Waals surface area contributed by atoms with Crippen LogP contribution in [0.25, 0.3) is 0 Å². The fraction of sp³-hybridized carbons (Fsp3) is 0.455. The molecule has 0 fully saturated rings. The number of hydrogen-bond donors (Lipinski definition) is 1. The molecular weight excluding hydrogens is 224 g/mol. The molecule has 0 atom stereocenters. The number of nitrogens with one attached hydrogen (secondary N) is 1. The molecule has 0 heterocycles.